The molecule has 69 heavy (non-hydrogen) atoms. The van der Waals surface area contributed by atoms with Gasteiger partial charge in [0, 0.05) is 12.8 Å². The van der Waals surface area contributed by atoms with Gasteiger partial charge in [0.2, 0.25) is 5.91 Å². The monoisotopic (exact) mass is 989 g/mol. The lowest BCUT2D eigenvalue weighted by Gasteiger charge is -2.30. The first kappa shape index (κ1) is 66.7. The number of rotatable bonds is 51. The SMILES string of the molecule is CCCCC/C=C/C=C/CCCCCCCCC(=O)NC(COP(=O)([O-])OCC[N+](C)(C)C)C(/C=C/CCCCCCCCCCCCC)OC(=O)CCCCCCCC/C=C/C=C/CCCCC. The Morgan fingerprint density at radius 2 is 0.870 bits per heavy atom. The second-order valence-electron chi connectivity index (χ2n) is 20.5. The van der Waals surface area contributed by atoms with Crippen molar-refractivity contribution in [2.24, 2.45) is 0 Å². The fourth-order valence-electron chi connectivity index (χ4n) is 7.97. The third-order valence-electron chi connectivity index (χ3n) is 12.5. The van der Waals surface area contributed by atoms with Gasteiger partial charge in [0.05, 0.1) is 33.8 Å². The highest BCUT2D eigenvalue weighted by molar-refractivity contribution is 7.45. The van der Waals surface area contributed by atoms with Crippen molar-refractivity contribution in [1.29, 1.82) is 0 Å². The number of phosphoric ester groups is 1. The molecule has 0 fully saturated rings. The van der Waals surface area contributed by atoms with E-state index in [9.17, 15) is 19.0 Å². The summed E-state index contributed by atoms with van der Waals surface area (Å²) in [5.74, 6) is -0.567. The van der Waals surface area contributed by atoms with Crippen molar-refractivity contribution in [2.45, 2.75) is 264 Å². The van der Waals surface area contributed by atoms with Crippen LogP contribution in [0, 0.1) is 0 Å². The van der Waals surface area contributed by atoms with Crippen LogP contribution in [0.3, 0.4) is 0 Å². The number of hydrogen-bond donors (Lipinski definition) is 1. The van der Waals surface area contributed by atoms with Gasteiger partial charge in [0.1, 0.15) is 19.3 Å². The van der Waals surface area contributed by atoms with Crippen LogP contribution in [0.1, 0.15) is 252 Å². The molecule has 0 aromatic rings. The summed E-state index contributed by atoms with van der Waals surface area (Å²) in [5.41, 5.74) is 0. The van der Waals surface area contributed by atoms with E-state index in [1.807, 2.05) is 33.3 Å². The summed E-state index contributed by atoms with van der Waals surface area (Å²) in [6.07, 6.45) is 60.3. The molecule has 0 saturated heterocycles. The fourth-order valence-corrected chi connectivity index (χ4v) is 8.70. The Hall–Kier alpha value is -2.29. The van der Waals surface area contributed by atoms with Gasteiger partial charge in [-0.3, -0.25) is 14.2 Å². The standard InChI is InChI=1S/C59H109N2O7P/c1-7-10-13-16-19-22-25-28-30-33-36-39-42-45-48-51-58(62)60-56(55-67-69(64,65)66-54-53-61(4,5)6)57(50-47-44-41-38-35-32-27-24-21-18-15-12-9-3)68-59(63)52-49-46-43-40-37-34-31-29-26-23-20-17-14-11-8-2/h19-20,22-23,25-26,28-29,47,50,56-57H,7-18,21,24,27,30-46,48-49,51-55H2,1-6H3,(H-,60,62,64,65)/b22-19+,23-20+,28-25+,29-26+,50-47+. The molecular formula is C59H109N2O7P. The quantitative estimate of drug-likeness (QED) is 0.0161. The first-order chi connectivity index (χ1) is 33.4. The zero-order valence-electron chi connectivity index (χ0n) is 45.8. The molecule has 0 heterocycles. The van der Waals surface area contributed by atoms with Crippen LogP contribution in [0.15, 0.2) is 60.8 Å². The van der Waals surface area contributed by atoms with E-state index in [4.69, 9.17) is 13.8 Å². The first-order valence-electron chi connectivity index (χ1n) is 28.6. The fraction of sp³-hybridized carbons (Fsp3) is 0.797. The number of carbonyl (C=O) groups is 2. The lowest BCUT2D eigenvalue weighted by Crippen LogP contribution is -2.47. The van der Waals surface area contributed by atoms with Crippen molar-refractivity contribution in [3.05, 3.63) is 60.8 Å². The number of allylic oxidation sites excluding steroid dienone is 9. The summed E-state index contributed by atoms with van der Waals surface area (Å²) >= 11 is 0. The van der Waals surface area contributed by atoms with E-state index < -0.39 is 26.6 Å². The molecule has 3 unspecified atom stereocenters. The first-order valence-corrected chi connectivity index (χ1v) is 30.1. The summed E-state index contributed by atoms with van der Waals surface area (Å²) < 4.78 is 30.2. The molecule has 1 amide bonds. The number of hydrogen-bond acceptors (Lipinski definition) is 7. The molecular weight excluding hydrogens is 880 g/mol. The van der Waals surface area contributed by atoms with Gasteiger partial charge in [-0.2, -0.15) is 0 Å². The predicted octanol–water partition coefficient (Wildman–Crippen LogP) is 16.5. The minimum Gasteiger partial charge on any atom is -0.756 e. The Labute approximate surface area is 426 Å². The van der Waals surface area contributed by atoms with Gasteiger partial charge in [-0.1, -0.05) is 217 Å². The second-order valence-corrected chi connectivity index (χ2v) is 21.9. The maximum absolute atomic E-state index is 13.5. The highest BCUT2D eigenvalue weighted by Gasteiger charge is 2.27. The number of unbranched alkanes of at least 4 members (excludes halogenated alkanes) is 29. The summed E-state index contributed by atoms with van der Waals surface area (Å²) in [7, 11) is 1.17. The molecule has 0 aromatic heterocycles. The Morgan fingerprint density at radius 1 is 0.507 bits per heavy atom. The molecule has 0 aliphatic carbocycles. The maximum Gasteiger partial charge on any atom is 0.306 e. The minimum atomic E-state index is -4.70. The van der Waals surface area contributed by atoms with Crippen LogP contribution in [0.2, 0.25) is 0 Å². The molecule has 1 N–H and O–H groups in total. The van der Waals surface area contributed by atoms with Crippen LogP contribution >= 0.6 is 7.82 Å². The van der Waals surface area contributed by atoms with Gasteiger partial charge < -0.3 is 28.5 Å². The number of quaternary nitrogens is 1. The van der Waals surface area contributed by atoms with E-state index in [1.54, 1.807) is 0 Å². The number of ether oxygens (including phenoxy) is 1. The van der Waals surface area contributed by atoms with Crippen molar-refractivity contribution in [3.8, 4) is 0 Å². The third kappa shape index (κ3) is 50.4. The van der Waals surface area contributed by atoms with E-state index >= 15 is 0 Å². The van der Waals surface area contributed by atoms with Crippen LogP contribution in [0.25, 0.3) is 0 Å². The van der Waals surface area contributed by atoms with E-state index in [1.165, 1.54) is 103 Å². The number of likely N-dealkylation sites (N-methyl/N-ethyl adjacent to an activating group) is 1. The van der Waals surface area contributed by atoms with Gasteiger partial charge in [0.15, 0.2) is 0 Å². The Kier molecular flexibility index (Phi) is 47.7. The smallest absolute Gasteiger partial charge is 0.306 e. The molecule has 3 atom stereocenters. The summed E-state index contributed by atoms with van der Waals surface area (Å²) in [4.78, 5) is 39.8. The number of esters is 1. The zero-order chi connectivity index (χ0) is 50.8. The highest BCUT2D eigenvalue weighted by atomic mass is 31.2. The van der Waals surface area contributed by atoms with Crippen molar-refractivity contribution >= 4 is 19.7 Å². The van der Waals surface area contributed by atoms with Crippen molar-refractivity contribution in [1.82, 2.24) is 5.32 Å². The molecule has 0 aliphatic rings. The number of phosphoric acid groups is 1. The molecule has 0 bridgehead atoms. The molecule has 10 heteroatoms. The average Bonchev–Trinajstić information content (AvgIpc) is 3.31. The highest BCUT2D eigenvalue weighted by Crippen LogP contribution is 2.38. The average molecular weight is 990 g/mol. The zero-order valence-corrected chi connectivity index (χ0v) is 46.7. The maximum atomic E-state index is 13.5. The van der Waals surface area contributed by atoms with E-state index in [-0.39, 0.29) is 24.9 Å². The van der Waals surface area contributed by atoms with Gasteiger partial charge in [-0.15, -0.1) is 0 Å². The molecule has 0 radical (unpaired) electrons. The van der Waals surface area contributed by atoms with Crippen molar-refractivity contribution < 1.29 is 37.3 Å². The Morgan fingerprint density at radius 3 is 1.30 bits per heavy atom. The largest absolute Gasteiger partial charge is 0.756 e. The molecule has 402 valence electrons. The number of amides is 1. The van der Waals surface area contributed by atoms with E-state index in [0.717, 1.165) is 109 Å². The topological polar surface area (TPSA) is 114 Å². The van der Waals surface area contributed by atoms with E-state index in [2.05, 4.69) is 74.7 Å². The van der Waals surface area contributed by atoms with Crippen LogP contribution in [-0.2, 0) is 27.9 Å². The van der Waals surface area contributed by atoms with Crippen molar-refractivity contribution in [2.75, 3.05) is 40.9 Å². The number of nitrogens with zero attached hydrogens (tertiary/aromatic N) is 1. The molecule has 0 spiro atoms. The molecule has 0 rings (SSSR count). The third-order valence-corrected chi connectivity index (χ3v) is 13.4. The van der Waals surface area contributed by atoms with Crippen LogP contribution < -0.4 is 10.2 Å². The molecule has 9 nitrogen and oxygen atoms in total. The number of carbonyl (C=O) groups excluding carboxylic acids is 2. The van der Waals surface area contributed by atoms with Crippen LogP contribution in [0.4, 0.5) is 0 Å². The lowest BCUT2D eigenvalue weighted by molar-refractivity contribution is -0.870. The lowest BCUT2D eigenvalue weighted by atomic mass is 10.0. The van der Waals surface area contributed by atoms with E-state index in [0.29, 0.717) is 23.9 Å². The van der Waals surface area contributed by atoms with Crippen LogP contribution in [-0.4, -0.2) is 69.4 Å². The van der Waals surface area contributed by atoms with Gasteiger partial charge >= 0.3 is 5.97 Å². The summed E-state index contributed by atoms with van der Waals surface area (Å²) in [6.45, 7) is 6.76. The Bertz CT molecular complexity index is 1370. The van der Waals surface area contributed by atoms with Crippen LogP contribution in [0.5, 0.6) is 0 Å². The predicted molar refractivity (Wildman–Crippen MR) is 293 cm³/mol. The van der Waals surface area contributed by atoms with Crippen molar-refractivity contribution in [3.63, 3.8) is 0 Å². The molecule has 0 saturated carbocycles. The summed E-state index contributed by atoms with van der Waals surface area (Å²) in [6, 6.07) is -0.899. The molecule has 0 aliphatic heterocycles. The second kappa shape index (κ2) is 49.3. The van der Waals surface area contributed by atoms with Gasteiger partial charge in [0.25, 0.3) is 7.82 Å². The normalized spacial score (nSPS) is 14.2. The Balaban J connectivity index is 5.42. The summed E-state index contributed by atoms with van der Waals surface area (Å²) in [5, 5.41) is 3.01. The number of nitrogens with one attached hydrogen (secondary N) is 1. The molecule has 0 aromatic carbocycles. The van der Waals surface area contributed by atoms with Gasteiger partial charge in [-0.05, 0) is 83.1 Å². The minimum absolute atomic E-state index is 0.0281. The van der Waals surface area contributed by atoms with Gasteiger partial charge in [-0.25, -0.2) is 0 Å².